The van der Waals surface area contributed by atoms with E-state index in [1.165, 1.54) is 27.5 Å². The molecule has 0 radical (unpaired) electrons. The Labute approximate surface area is 154 Å². The third-order valence-electron chi connectivity index (χ3n) is 4.63. The van der Waals surface area contributed by atoms with Crippen molar-refractivity contribution in [2.75, 3.05) is 0 Å². The Morgan fingerprint density at radius 3 is 1.85 bits per heavy atom. The van der Waals surface area contributed by atoms with Gasteiger partial charge in [0.15, 0.2) is 0 Å². The maximum absolute atomic E-state index is 4.91. The lowest BCUT2D eigenvalue weighted by atomic mass is 9.99. The van der Waals surface area contributed by atoms with Gasteiger partial charge in [0.2, 0.25) is 0 Å². The van der Waals surface area contributed by atoms with Crippen LogP contribution in [0.3, 0.4) is 0 Å². The van der Waals surface area contributed by atoms with Crippen LogP contribution < -0.4 is 0 Å². The van der Waals surface area contributed by atoms with Crippen molar-refractivity contribution in [2.24, 2.45) is 4.99 Å². The summed E-state index contributed by atoms with van der Waals surface area (Å²) in [7, 11) is 0. The van der Waals surface area contributed by atoms with E-state index in [1.54, 1.807) is 0 Å². The van der Waals surface area contributed by atoms with Crippen LogP contribution in [-0.2, 0) is 6.42 Å². The first-order chi connectivity index (χ1) is 12.9. The zero-order valence-corrected chi connectivity index (χ0v) is 14.6. The predicted octanol–water partition coefficient (Wildman–Crippen LogP) is 6.24. The monoisotopic (exact) mass is 335 g/mol. The topological polar surface area (TPSA) is 12.4 Å². The molecule has 0 amide bonds. The van der Waals surface area contributed by atoms with E-state index in [0.717, 1.165) is 6.42 Å². The summed E-state index contributed by atoms with van der Waals surface area (Å²) in [6, 6.07) is 36.1. The lowest BCUT2D eigenvalue weighted by Crippen LogP contribution is -1.99. The summed E-state index contributed by atoms with van der Waals surface area (Å²) in [5.74, 6) is 0. The SMILES string of the molecule is C(Cc1ccc2ccccc2c1)=NC(c1ccccc1)c1ccccc1. The molecule has 4 aromatic carbocycles. The molecule has 0 aliphatic rings. The summed E-state index contributed by atoms with van der Waals surface area (Å²) < 4.78 is 0. The van der Waals surface area contributed by atoms with Crippen molar-refractivity contribution in [3.63, 3.8) is 0 Å². The van der Waals surface area contributed by atoms with Crippen molar-refractivity contribution in [3.05, 3.63) is 120 Å². The van der Waals surface area contributed by atoms with E-state index in [-0.39, 0.29) is 6.04 Å². The van der Waals surface area contributed by atoms with Crippen molar-refractivity contribution in [1.29, 1.82) is 0 Å². The number of nitrogens with zero attached hydrogens (tertiary/aromatic N) is 1. The first-order valence-corrected chi connectivity index (χ1v) is 8.99. The van der Waals surface area contributed by atoms with Gasteiger partial charge in [0.25, 0.3) is 0 Å². The fraction of sp³-hybridized carbons (Fsp3) is 0.0800. The minimum absolute atomic E-state index is 0.0397. The Morgan fingerprint density at radius 1 is 0.615 bits per heavy atom. The highest BCUT2D eigenvalue weighted by Crippen LogP contribution is 2.25. The molecule has 4 aromatic rings. The second kappa shape index (κ2) is 7.79. The van der Waals surface area contributed by atoms with Crippen molar-refractivity contribution in [3.8, 4) is 0 Å². The smallest absolute Gasteiger partial charge is 0.0995 e. The van der Waals surface area contributed by atoms with Crippen molar-refractivity contribution >= 4 is 17.0 Å². The predicted molar refractivity (Wildman–Crippen MR) is 111 cm³/mol. The van der Waals surface area contributed by atoms with Gasteiger partial charge in [0.1, 0.15) is 0 Å². The molecule has 0 aliphatic carbocycles. The molecule has 0 bridgehead atoms. The van der Waals surface area contributed by atoms with Crippen LogP contribution in [0.1, 0.15) is 22.7 Å². The Bertz CT molecular complexity index is 964. The van der Waals surface area contributed by atoms with E-state index in [2.05, 4.69) is 97.2 Å². The number of hydrogen-bond acceptors (Lipinski definition) is 1. The Kier molecular flexibility index (Phi) is 4.88. The summed E-state index contributed by atoms with van der Waals surface area (Å²) >= 11 is 0. The maximum atomic E-state index is 4.91. The van der Waals surface area contributed by atoms with Crippen LogP contribution in [0.15, 0.2) is 108 Å². The molecule has 0 unspecified atom stereocenters. The second-order valence-corrected chi connectivity index (χ2v) is 6.44. The first kappa shape index (κ1) is 16.3. The van der Waals surface area contributed by atoms with Crippen molar-refractivity contribution in [1.82, 2.24) is 0 Å². The van der Waals surface area contributed by atoms with E-state index >= 15 is 0 Å². The molecule has 0 N–H and O–H groups in total. The van der Waals surface area contributed by atoms with Gasteiger partial charge in [-0.1, -0.05) is 103 Å². The number of fused-ring (bicyclic) bond motifs is 1. The largest absolute Gasteiger partial charge is 0.284 e. The van der Waals surface area contributed by atoms with Crippen LogP contribution in [0.5, 0.6) is 0 Å². The van der Waals surface area contributed by atoms with Crippen molar-refractivity contribution in [2.45, 2.75) is 12.5 Å². The molecule has 0 atom stereocenters. The lowest BCUT2D eigenvalue weighted by Gasteiger charge is -2.13. The lowest BCUT2D eigenvalue weighted by molar-refractivity contribution is 0.874. The number of benzene rings is 4. The normalized spacial score (nSPS) is 11.4. The highest BCUT2D eigenvalue weighted by Gasteiger charge is 2.11. The van der Waals surface area contributed by atoms with Gasteiger partial charge < -0.3 is 0 Å². The van der Waals surface area contributed by atoms with Crippen LogP contribution in [0.4, 0.5) is 0 Å². The van der Waals surface area contributed by atoms with Crippen LogP contribution in [-0.4, -0.2) is 6.21 Å². The van der Waals surface area contributed by atoms with Gasteiger partial charge in [0, 0.05) is 12.6 Å². The number of hydrogen-bond donors (Lipinski definition) is 0. The van der Waals surface area contributed by atoms with E-state index < -0.39 is 0 Å². The molecule has 0 saturated carbocycles. The van der Waals surface area contributed by atoms with Crippen LogP contribution in [0.2, 0.25) is 0 Å². The van der Waals surface area contributed by atoms with Crippen LogP contribution in [0.25, 0.3) is 10.8 Å². The average molecular weight is 335 g/mol. The van der Waals surface area contributed by atoms with Crippen LogP contribution >= 0.6 is 0 Å². The molecule has 0 heterocycles. The Balaban J connectivity index is 1.58. The van der Waals surface area contributed by atoms with E-state index in [9.17, 15) is 0 Å². The quantitative estimate of drug-likeness (QED) is 0.383. The maximum Gasteiger partial charge on any atom is 0.0995 e. The fourth-order valence-corrected chi connectivity index (χ4v) is 3.26. The molecular weight excluding hydrogens is 314 g/mol. The van der Waals surface area contributed by atoms with Gasteiger partial charge in [-0.25, -0.2) is 0 Å². The third kappa shape index (κ3) is 3.73. The summed E-state index contributed by atoms with van der Waals surface area (Å²) in [5.41, 5.74) is 3.72. The number of aliphatic imine (C=N–C) groups is 1. The number of rotatable bonds is 5. The molecule has 126 valence electrons. The minimum Gasteiger partial charge on any atom is -0.284 e. The zero-order chi connectivity index (χ0) is 17.6. The molecule has 0 fully saturated rings. The molecule has 0 aliphatic heterocycles. The Hall–Kier alpha value is -3.19. The second-order valence-electron chi connectivity index (χ2n) is 6.44. The molecule has 0 spiro atoms. The van der Waals surface area contributed by atoms with Gasteiger partial charge in [-0.3, -0.25) is 4.99 Å². The molecule has 0 aromatic heterocycles. The van der Waals surface area contributed by atoms with E-state index in [4.69, 9.17) is 4.99 Å². The van der Waals surface area contributed by atoms with Gasteiger partial charge in [-0.15, -0.1) is 0 Å². The van der Waals surface area contributed by atoms with E-state index in [0.29, 0.717) is 0 Å². The molecule has 4 rings (SSSR count). The molecule has 0 saturated heterocycles. The standard InChI is InChI=1S/C25H21N/c1-3-10-22(11-4-1)25(23-12-5-2-6-13-23)26-18-17-20-15-16-21-9-7-8-14-24(21)19-20/h1-16,18-19,25H,17H2. The van der Waals surface area contributed by atoms with Gasteiger partial charge in [0.05, 0.1) is 6.04 Å². The summed E-state index contributed by atoms with van der Waals surface area (Å²) in [6.07, 6.45) is 2.88. The first-order valence-electron chi connectivity index (χ1n) is 8.99. The third-order valence-corrected chi connectivity index (χ3v) is 4.63. The fourth-order valence-electron chi connectivity index (χ4n) is 3.26. The summed E-state index contributed by atoms with van der Waals surface area (Å²) in [4.78, 5) is 4.91. The van der Waals surface area contributed by atoms with Gasteiger partial charge in [-0.2, -0.15) is 0 Å². The highest BCUT2D eigenvalue weighted by atomic mass is 14.8. The van der Waals surface area contributed by atoms with E-state index in [1.807, 2.05) is 12.1 Å². The molecular formula is C25H21N. The van der Waals surface area contributed by atoms with Crippen LogP contribution in [0, 0.1) is 0 Å². The Morgan fingerprint density at radius 2 is 1.19 bits per heavy atom. The summed E-state index contributed by atoms with van der Waals surface area (Å²) in [5, 5.41) is 2.56. The summed E-state index contributed by atoms with van der Waals surface area (Å²) in [6.45, 7) is 0. The molecule has 1 nitrogen and oxygen atoms in total. The minimum atomic E-state index is 0.0397. The highest BCUT2D eigenvalue weighted by molar-refractivity contribution is 5.83. The molecule has 26 heavy (non-hydrogen) atoms. The van der Waals surface area contributed by atoms with Gasteiger partial charge in [-0.05, 0) is 27.5 Å². The van der Waals surface area contributed by atoms with Crippen molar-refractivity contribution < 1.29 is 0 Å². The molecule has 1 heteroatoms. The van der Waals surface area contributed by atoms with Gasteiger partial charge >= 0.3 is 0 Å². The zero-order valence-electron chi connectivity index (χ0n) is 14.6. The average Bonchev–Trinajstić information content (AvgIpc) is 2.72.